The molecule has 0 aromatic heterocycles. The second kappa shape index (κ2) is 5.07. The van der Waals surface area contributed by atoms with Gasteiger partial charge in [0.15, 0.2) is 0 Å². The molecular weight excluding hydrogens is 212 g/mol. The smallest absolute Gasteiger partial charge is 0.0628 e. The predicted molar refractivity (Wildman–Crippen MR) is 71.3 cm³/mol. The number of aryl methyl sites for hydroxylation is 1. The van der Waals surface area contributed by atoms with Gasteiger partial charge in [-0.25, -0.2) is 0 Å². The van der Waals surface area contributed by atoms with Crippen LogP contribution in [0.4, 0.5) is 5.69 Å². The molecule has 17 heavy (non-hydrogen) atoms. The number of benzene rings is 1. The number of nitrogens with two attached hydrogens (primary N) is 1. The fourth-order valence-electron chi connectivity index (χ4n) is 2.45. The highest BCUT2D eigenvalue weighted by molar-refractivity contribution is 5.48. The van der Waals surface area contributed by atoms with Crippen LogP contribution in [-0.2, 0) is 6.42 Å². The summed E-state index contributed by atoms with van der Waals surface area (Å²) >= 11 is 0. The van der Waals surface area contributed by atoms with Crippen LogP contribution in [0.15, 0.2) is 24.3 Å². The van der Waals surface area contributed by atoms with E-state index >= 15 is 0 Å². The zero-order chi connectivity index (χ0) is 12.3. The number of piperidine rings is 1. The molecule has 3 heteroatoms. The van der Waals surface area contributed by atoms with Crippen molar-refractivity contribution in [3.05, 3.63) is 29.8 Å². The molecule has 0 radical (unpaired) electrons. The lowest BCUT2D eigenvalue weighted by atomic mass is 9.90. The van der Waals surface area contributed by atoms with E-state index < -0.39 is 5.54 Å². The van der Waals surface area contributed by atoms with Crippen LogP contribution < -0.4 is 10.6 Å². The number of aliphatic hydroxyl groups excluding tert-OH is 1. The van der Waals surface area contributed by atoms with Crippen molar-refractivity contribution >= 4 is 5.69 Å². The minimum absolute atomic E-state index is 0.0660. The molecule has 1 fully saturated rings. The van der Waals surface area contributed by atoms with Gasteiger partial charge in [-0.1, -0.05) is 19.1 Å². The fraction of sp³-hybridized carbons (Fsp3) is 0.571. The monoisotopic (exact) mass is 234 g/mol. The summed E-state index contributed by atoms with van der Waals surface area (Å²) in [7, 11) is 0. The lowest BCUT2D eigenvalue weighted by Crippen LogP contribution is -2.56. The number of anilines is 1. The van der Waals surface area contributed by atoms with E-state index in [9.17, 15) is 5.11 Å². The first kappa shape index (κ1) is 12.4. The van der Waals surface area contributed by atoms with E-state index in [0.717, 1.165) is 32.4 Å². The van der Waals surface area contributed by atoms with Crippen LogP contribution >= 0.6 is 0 Å². The Morgan fingerprint density at radius 2 is 2.06 bits per heavy atom. The molecule has 1 unspecified atom stereocenters. The summed E-state index contributed by atoms with van der Waals surface area (Å²) in [5.41, 5.74) is 8.29. The van der Waals surface area contributed by atoms with E-state index in [1.54, 1.807) is 0 Å². The normalized spacial score (nSPS) is 25.0. The SMILES string of the molecule is CCc1ccc(N2CCCC(N)(CO)C2)cc1. The second-order valence-electron chi connectivity index (χ2n) is 5.07. The van der Waals surface area contributed by atoms with Gasteiger partial charge >= 0.3 is 0 Å². The van der Waals surface area contributed by atoms with Crippen LogP contribution in [0.5, 0.6) is 0 Å². The Morgan fingerprint density at radius 3 is 2.65 bits per heavy atom. The summed E-state index contributed by atoms with van der Waals surface area (Å²) in [6.45, 7) is 4.00. The molecule has 94 valence electrons. The van der Waals surface area contributed by atoms with Crippen molar-refractivity contribution < 1.29 is 5.11 Å². The van der Waals surface area contributed by atoms with Gasteiger partial charge in [0, 0.05) is 18.8 Å². The average molecular weight is 234 g/mol. The third-order valence-electron chi connectivity index (χ3n) is 3.63. The van der Waals surface area contributed by atoms with Gasteiger partial charge in [0.2, 0.25) is 0 Å². The molecule has 3 N–H and O–H groups in total. The van der Waals surface area contributed by atoms with Crippen LogP contribution in [0.1, 0.15) is 25.3 Å². The molecule has 1 aromatic rings. The van der Waals surface area contributed by atoms with E-state index in [-0.39, 0.29) is 6.61 Å². The molecule has 0 aliphatic carbocycles. The molecule has 0 saturated carbocycles. The summed E-state index contributed by atoms with van der Waals surface area (Å²) in [5.74, 6) is 0. The van der Waals surface area contributed by atoms with E-state index in [1.807, 2.05) is 0 Å². The Labute approximate surface area is 103 Å². The predicted octanol–water partition coefficient (Wildman–Crippen LogP) is 1.54. The van der Waals surface area contributed by atoms with E-state index in [4.69, 9.17) is 5.73 Å². The molecule has 1 saturated heterocycles. The standard InChI is InChI=1S/C14H22N2O/c1-2-12-4-6-13(7-5-12)16-9-3-8-14(15,10-16)11-17/h4-7,17H,2-3,8-11,15H2,1H3. The van der Waals surface area contributed by atoms with Crippen molar-refractivity contribution in [3.8, 4) is 0 Å². The molecule has 1 heterocycles. The van der Waals surface area contributed by atoms with Gasteiger partial charge in [-0.3, -0.25) is 0 Å². The topological polar surface area (TPSA) is 49.5 Å². The van der Waals surface area contributed by atoms with Gasteiger partial charge in [0.1, 0.15) is 0 Å². The van der Waals surface area contributed by atoms with Crippen LogP contribution in [-0.4, -0.2) is 30.3 Å². The second-order valence-corrected chi connectivity index (χ2v) is 5.07. The Balaban J connectivity index is 2.10. The van der Waals surface area contributed by atoms with Crippen molar-refractivity contribution in [2.24, 2.45) is 5.73 Å². The van der Waals surface area contributed by atoms with Crippen molar-refractivity contribution in [2.75, 3.05) is 24.6 Å². The molecule has 3 nitrogen and oxygen atoms in total. The lowest BCUT2D eigenvalue weighted by molar-refractivity contribution is 0.177. The maximum absolute atomic E-state index is 9.35. The number of rotatable bonds is 3. The van der Waals surface area contributed by atoms with E-state index in [0.29, 0.717) is 0 Å². The molecule has 2 rings (SSSR count). The summed E-state index contributed by atoms with van der Waals surface area (Å²) in [4.78, 5) is 2.28. The van der Waals surface area contributed by atoms with Gasteiger partial charge in [-0.05, 0) is 37.0 Å². The highest BCUT2D eigenvalue weighted by Gasteiger charge is 2.30. The molecule has 1 aromatic carbocycles. The third kappa shape index (κ3) is 2.79. The van der Waals surface area contributed by atoms with Crippen molar-refractivity contribution in [3.63, 3.8) is 0 Å². The Kier molecular flexibility index (Phi) is 3.69. The quantitative estimate of drug-likeness (QED) is 0.834. The summed E-state index contributed by atoms with van der Waals surface area (Å²) in [6.07, 6.45) is 3.03. The molecule has 1 atom stereocenters. The van der Waals surface area contributed by atoms with Gasteiger partial charge in [0.05, 0.1) is 12.1 Å². The van der Waals surface area contributed by atoms with Crippen LogP contribution in [0.3, 0.4) is 0 Å². The highest BCUT2D eigenvalue weighted by atomic mass is 16.3. The molecular formula is C14H22N2O. The molecule has 0 amide bonds. The lowest BCUT2D eigenvalue weighted by Gasteiger charge is -2.40. The van der Waals surface area contributed by atoms with Crippen LogP contribution in [0.25, 0.3) is 0 Å². The molecule has 0 spiro atoms. The molecule has 0 bridgehead atoms. The summed E-state index contributed by atoms with van der Waals surface area (Å²) in [6, 6.07) is 8.64. The van der Waals surface area contributed by atoms with Crippen LogP contribution in [0.2, 0.25) is 0 Å². The highest BCUT2D eigenvalue weighted by Crippen LogP contribution is 2.24. The fourth-order valence-corrected chi connectivity index (χ4v) is 2.45. The van der Waals surface area contributed by atoms with E-state index in [1.165, 1.54) is 11.3 Å². The Hall–Kier alpha value is -1.06. The minimum Gasteiger partial charge on any atom is -0.394 e. The van der Waals surface area contributed by atoms with Gasteiger partial charge in [-0.15, -0.1) is 0 Å². The summed E-state index contributed by atoms with van der Waals surface area (Å²) < 4.78 is 0. The number of aliphatic hydroxyl groups is 1. The first-order valence-electron chi connectivity index (χ1n) is 6.40. The van der Waals surface area contributed by atoms with E-state index in [2.05, 4.69) is 36.1 Å². The van der Waals surface area contributed by atoms with Crippen molar-refractivity contribution in [2.45, 2.75) is 31.7 Å². The first-order chi connectivity index (χ1) is 8.17. The zero-order valence-corrected chi connectivity index (χ0v) is 10.5. The largest absolute Gasteiger partial charge is 0.394 e. The number of nitrogens with zero attached hydrogens (tertiary/aromatic N) is 1. The number of hydrogen-bond acceptors (Lipinski definition) is 3. The third-order valence-corrected chi connectivity index (χ3v) is 3.63. The van der Waals surface area contributed by atoms with Gasteiger partial charge < -0.3 is 15.7 Å². The maximum atomic E-state index is 9.35. The van der Waals surface area contributed by atoms with Crippen molar-refractivity contribution in [1.82, 2.24) is 0 Å². The van der Waals surface area contributed by atoms with Crippen molar-refractivity contribution in [1.29, 1.82) is 0 Å². The van der Waals surface area contributed by atoms with Gasteiger partial charge in [-0.2, -0.15) is 0 Å². The minimum atomic E-state index is -0.429. The molecule has 1 aliphatic heterocycles. The Bertz CT molecular complexity index is 363. The van der Waals surface area contributed by atoms with Crippen LogP contribution in [0, 0.1) is 0 Å². The summed E-state index contributed by atoms with van der Waals surface area (Å²) in [5, 5.41) is 9.35. The maximum Gasteiger partial charge on any atom is 0.0628 e. The number of hydrogen-bond donors (Lipinski definition) is 2. The average Bonchev–Trinajstić information content (AvgIpc) is 2.39. The zero-order valence-electron chi connectivity index (χ0n) is 10.5. The Morgan fingerprint density at radius 1 is 1.35 bits per heavy atom. The first-order valence-corrected chi connectivity index (χ1v) is 6.40. The molecule has 1 aliphatic rings. The van der Waals surface area contributed by atoms with Gasteiger partial charge in [0.25, 0.3) is 0 Å².